The van der Waals surface area contributed by atoms with Crippen molar-refractivity contribution in [3.63, 3.8) is 0 Å². The van der Waals surface area contributed by atoms with Crippen LogP contribution < -0.4 is 5.32 Å². The Morgan fingerprint density at radius 3 is 2.07 bits per heavy atom. The highest BCUT2D eigenvalue weighted by molar-refractivity contribution is 5.80. The SMILES string of the molecule is CC(O)[C@H](O)NC(CC(=O)O)C(=O)O. The minimum Gasteiger partial charge on any atom is -0.481 e. The van der Waals surface area contributed by atoms with Crippen LogP contribution in [-0.4, -0.2) is 50.7 Å². The standard InChI is InChI=1S/C7H13NO6/c1-3(9)6(12)8-4(7(13)14)2-5(10)11/h3-4,6,8-9,12H,2H2,1H3,(H,10,11)(H,13,14)/t3?,4?,6-/m0/s1. The molecule has 3 atom stereocenters. The lowest BCUT2D eigenvalue weighted by atomic mass is 10.2. The zero-order chi connectivity index (χ0) is 11.3. The first-order valence-electron chi connectivity index (χ1n) is 3.91. The first-order valence-corrected chi connectivity index (χ1v) is 3.91. The van der Waals surface area contributed by atoms with E-state index in [1.807, 2.05) is 0 Å². The lowest BCUT2D eigenvalue weighted by molar-refractivity contribution is -0.147. The summed E-state index contributed by atoms with van der Waals surface area (Å²) in [7, 11) is 0. The van der Waals surface area contributed by atoms with E-state index in [9.17, 15) is 9.59 Å². The van der Waals surface area contributed by atoms with Crippen molar-refractivity contribution in [1.82, 2.24) is 5.32 Å². The van der Waals surface area contributed by atoms with Crippen molar-refractivity contribution in [2.75, 3.05) is 0 Å². The summed E-state index contributed by atoms with van der Waals surface area (Å²) in [5.41, 5.74) is 0. The van der Waals surface area contributed by atoms with Gasteiger partial charge in [0.1, 0.15) is 12.3 Å². The minimum absolute atomic E-state index is 0.668. The first kappa shape index (κ1) is 12.8. The predicted molar refractivity (Wildman–Crippen MR) is 44.5 cm³/mol. The van der Waals surface area contributed by atoms with Crippen LogP contribution in [0.3, 0.4) is 0 Å². The number of carboxylic acids is 2. The molecule has 0 aliphatic rings. The molecule has 0 radical (unpaired) electrons. The van der Waals surface area contributed by atoms with Gasteiger partial charge in [0, 0.05) is 0 Å². The van der Waals surface area contributed by atoms with E-state index < -0.39 is 36.7 Å². The zero-order valence-corrected chi connectivity index (χ0v) is 7.54. The van der Waals surface area contributed by atoms with Crippen LogP contribution in [0, 0.1) is 0 Å². The van der Waals surface area contributed by atoms with Crippen LogP contribution >= 0.6 is 0 Å². The molecule has 0 aliphatic carbocycles. The predicted octanol–water partition coefficient (Wildman–Crippen LogP) is -1.80. The molecule has 82 valence electrons. The summed E-state index contributed by atoms with van der Waals surface area (Å²) in [5, 5.41) is 36.8. The van der Waals surface area contributed by atoms with E-state index in [1.54, 1.807) is 0 Å². The van der Waals surface area contributed by atoms with Crippen molar-refractivity contribution < 1.29 is 30.0 Å². The smallest absolute Gasteiger partial charge is 0.321 e. The van der Waals surface area contributed by atoms with E-state index >= 15 is 0 Å². The fourth-order valence-corrected chi connectivity index (χ4v) is 0.738. The number of aliphatic carboxylic acids is 2. The number of carboxylic acid groups (broad SMARTS) is 2. The fourth-order valence-electron chi connectivity index (χ4n) is 0.738. The number of rotatable bonds is 6. The molecular weight excluding hydrogens is 194 g/mol. The zero-order valence-electron chi connectivity index (χ0n) is 7.54. The van der Waals surface area contributed by atoms with E-state index in [0.717, 1.165) is 0 Å². The van der Waals surface area contributed by atoms with Gasteiger partial charge in [-0.1, -0.05) is 0 Å². The van der Waals surface area contributed by atoms with Crippen LogP contribution in [0.5, 0.6) is 0 Å². The molecule has 0 bridgehead atoms. The molecule has 0 rings (SSSR count). The van der Waals surface area contributed by atoms with Crippen molar-refractivity contribution >= 4 is 11.9 Å². The molecule has 0 aromatic rings. The Morgan fingerprint density at radius 2 is 1.79 bits per heavy atom. The Kier molecular flexibility index (Phi) is 5.06. The van der Waals surface area contributed by atoms with E-state index in [4.69, 9.17) is 20.4 Å². The average molecular weight is 207 g/mol. The fraction of sp³-hybridized carbons (Fsp3) is 0.714. The molecule has 0 amide bonds. The highest BCUT2D eigenvalue weighted by atomic mass is 16.4. The van der Waals surface area contributed by atoms with Crippen molar-refractivity contribution in [1.29, 1.82) is 0 Å². The van der Waals surface area contributed by atoms with Gasteiger partial charge in [-0.2, -0.15) is 0 Å². The number of aliphatic hydroxyl groups is 2. The Hall–Kier alpha value is -1.18. The number of aliphatic hydroxyl groups excluding tert-OH is 2. The molecule has 0 saturated carbocycles. The molecule has 7 nitrogen and oxygen atoms in total. The minimum atomic E-state index is -1.46. The van der Waals surface area contributed by atoms with Crippen molar-refractivity contribution in [3.05, 3.63) is 0 Å². The third-order valence-electron chi connectivity index (χ3n) is 1.51. The molecule has 0 aliphatic heterocycles. The van der Waals surface area contributed by atoms with Gasteiger partial charge in [-0.05, 0) is 6.92 Å². The topological polar surface area (TPSA) is 127 Å². The van der Waals surface area contributed by atoms with Crippen LogP contribution in [0.15, 0.2) is 0 Å². The maximum absolute atomic E-state index is 10.5. The van der Waals surface area contributed by atoms with Crippen LogP contribution in [-0.2, 0) is 9.59 Å². The molecule has 0 heterocycles. The summed E-state index contributed by atoms with van der Waals surface area (Å²) in [4.78, 5) is 20.7. The maximum atomic E-state index is 10.5. The second-order valence-electron chi connectivity index (χ2n) is 2.84. The third-order valence-corrected chi connectivity index (χ3v) is 1.51. The van der Waals surface area contributed by atoms with Crippen molar-refractivity contribution in [2.24, 2.45) is 0 Å². The Bertz CT molecular complexity index is 216. The van der Waals surface area contributed by atoms with E-state index in [-0.39, 0.29) is 0 Å². The second-order valence-corrected chi connectivity index (χ2v) is 2.84. The molecule has 5 N–H and O–H groups in total. The average Bonchev–Trinajstić information content (AvgIpc) is 2.01. The summed E-state index contributed by atoms with van der Waals surface area (Å²) in [6.07, 6.45) is -3.31. The van der Waals surface area contributed by atoms with Gasteiger partial charge < -0.3 is 20.4 Å². The van der Waals surface area contributed by atoms with Gasteiger partial charge in [0.15, 0.2) is 0 Å². The Morgan fingerprint density at radius 1 is 1.29 bits per heavy atom. The van der Waals surface area contributed by atoms with Gasteiger partial charge in [0.25, 0.3) is 0 Å². The van der Waals surface area contributed by atoms with Crippen molar-refractivity contribution in [3.8, 4) is 0 Å². The number of nitrogens with one attached hydrogen (secondary N) is 1. The second kappa shape index (κ2) is 5.53. The van der Waals surface area contributed by atoms with Gasteiger partial charge in [0.2, 0.25) is 0 Å². The largest absolute Gasteiger partial charge is 0.481 e. The molecule has 14 heavy (non-hydrogen) atoms. The number of hydrogen-bond donors (Lipinski definition) is 5. The van der Waals surface area contributed by atoms with E-state index in [0.29, 0.717) is 0 Å². The van der Waals surface area contributed by atoms with E-state index in [1.165, 1.54) is 6.92 Å². The van der Waals surface area contributed by atoms with Crippen molar-refractivity contribution in [2.45, 2.75) is 31.7 Å². The molecular formula is C7H13NO6. The lowest BCUT2D eigenvalue weighted by Crippen LogP contribution is -2.48. The molecule has 0 fully saturated rings. The summed E-state index contributed by atoms with van der Waals surface area (Å²) in [5.74, 6) is -2.70. The summed E-state index contributed by atoms with van der Waals surface area (Å²) >= 11 is 0. The normalized spacial score (nSPS) is 17.1. The molecule has 0 aromatic heterocycles. The van der Waals surface area contributed by atoms with Gasteiger partial charge in [-0.25, -0.2) is 0 Å². The number of carbonyl (C=O) groups is 2. The van der Waals surface area contributed by atoms with Gasteiger partial charge in [0.05, 0.1) is 12.5 Å². The van der Waals surface area contributed by atoms with Gasteiger partial charge in [-0.3, -0.25) is 14.9 Å². The highest BCUT2D eigenvalue weighted by Gasteiger charge is 2.24. The summed E-state index contributed by atoms with van der Waals surface area (Å²) in [6, 6.07) is -1.42. The highest BCUT2D eigenvalue weighted by Crippen LogP contribution is 1.97. The Balaban J connectivity index is 4.23. The molecule has 2 unspecified atom stereocenters. The number of hydrogen-bond acceptors (Lipinski definition) is 5. The van der Waals surface area contributed by atoms with Crippen LogP contribution in [0.4, 0.5) is 0 Å². The van der Waals surface area contributed by atoms with Gasteiger partial charge in [-0.15, -0.1) is 0 Å². The summed E-state index contributed by atoms with van der Waals surface area (Å²) in [6.45, 7) is 1.25. The van der Waals surface area contributed by atoms with Crippen LogP contribution in [0.2, 0.25) is 0 Å². The van der Waals surface area contributed by atoms with Crippen LogP contribution in [0.1, 0.15) is 13.3 Å². The quantitative estimate of drug-likeness (QED) is 0.325. The molecule has 7 heteroatoms. The van der Waals surface area contributed by atoms with E-state index in [2.05, 4.69) is 5.32 Å². The monoisotopic (exact) mass is 207 g/mol. The van der Waals surface area contributed by atoms with Gasteiger partial charge >= 0.3 is 11.9 Å². The summed E-state index contributed by atoms with van der Waals surface area (Å²) < 4.78 is 0. The third kappa shape index (κ3) is 4.75. The Labute approximate surface area is 80.0 Å². The first-order chi connectivity index (χ1) is 6.34. The molecule has 0 aromatic carbocycles. The van der Waals surface area contributed by atoms with Crippen LogP contribution in [0.25, 0.3) is 0 Å². The maximum Gasteiger partial charge on any atom is 0.321 e. The lowest BCUT2D eigenvalue weighted by Gasteiger charge is -2.19. The molecule has 0 saturated heterocycles. The molecule has 0 spiro atoms.